The zero-order chi connectivity index (χ0) is 17.8. The molecule has 2 N–H and O–H groups in total. The van der Waals surface area contributed by atoms with Gasteiger partial charge in [0.05, 0.1) is 30.9 Å². The van der Waals surface area contributed by atoms with Crippen LogP contribution in [0.15, 0.2) is 65.5 Å². The number of methoxy groups -OCH3 is 1. The summed E-state index contributed by atoms with van der Waals surface area (Å²) in [6, 6.07) is 13.2. The van der Waals surface area contributed by atoms with E-state index in [-0.39, 0.29) is 11.3 Å². The maximum absolute atomic E-state index is 12.5. The van der Waals surface area contributed by atoms with E-state index >= 15 is 0 Å². The Morgan fingerprint density at radius 3 is 2.60 bits per heavy atom. The molecule has 0 saturated heterocycles. The van der Waals surface area contributed by atoms with Gasteiger partial charge in [-0.15, -0.1) is 0 Å². The van der Waals surface area contributed by atoms with Crippen molar-refractivity contribution in [1.29, 1.82) is 0 Å². The summed E-state index contributed by atoms with van der Waals surface area (Å²) < 4.78 is 10.1. The Labute approximate surface area is 143 Å². The van der Waals surface area contributed by atoms with E-state index in [0.717, 1.165) is 11.1 Å². The highest BCUT2D eigenvalue weighted by Gasteiger charge is 2.15. The maximum atomic E-state index is 12.5. The molecule has 3 aromatic rings. The Hall–Kier alpha value is -3.54. The van der Waals surface area contributed by atoms with Gasteiger partial charge in [0.2, 0.25) is 0 Å². The highest BCUT2D eigenvalue weighted by atomic mass is 16.5. The van der Waals surface area contributed by atoms with Crippen LogP contribution in [0.25, 0.3) is 11.1 Å². The van der Waals surface area contributed by atoms with Crippen molar-refractivity contribution in [3.63, 3.8) is 0 Å². The molecule has 25 heavy (non-hydrogen) atoms. The van der Waals surface area contributed by atoms with Crippen LogP contribution in [0.1, 0.15) is 20.7 Å². The average Bonchev–Trinajstić information content (AvgIpc) is 3.16. The fourth-order valence-electron chi connectivity index (χ4n) is 2.40. The highest BCUT2D eigenvalue weighted by Crippen LogP contribution is 2.24. The first kappa shape index (κ1) is 16.3. The molecule has 0 saturated carbocycles. The minimum atomic E-state index is -1.15. The van der Waals surface area contributed by atoms with Crippen molar-refractivity contribution in [1.82, 2.24) is 0 Å². The van der Waals surface area contributed by atoms with E-state index in [4.69, 9.17) is 9.15 Å². The van der Waals surface area contributed by atoms with E-state index in [2.05, 4.69) is 5.32 Å². The molecule has 2 aromatic carbocycles. The molecule has 0 spiro atoms. The number of anilines is 1. The summed E-state index contributed by atoms with van der Waals surface area (Å²) in [5, 5.41) is 12.0. The van der Waals surface area contributed by atoms with Crippen molar-refractivity contribution in [2.75, 3.05) is 12.4 Å². The largest absolute Gasteiger partial charge is 0.497 e. The number of carboxylic acid groups (broad SMARTS) is 1. The van der Waals surface area contributed by atoms with Gasteiger partial charge in [-0.1, -0.05) is 12.1 Å². The van der Waals surface area contributed by atoms with Gasteiger partial charge in [-0.25, -0.2) is 4.79 Å². The number of rotatable bonds is 5. The first-order valence-electron chi connectivity index (χ1n) is 7.44. The van der Waals surface area contributed by atoms with Gasteiger partial charge in [-0.05, 0) is 42.0 Å². The number of nitrogens with one attached hydrogen (secondary N) is 1. The SMILES string of the molecule is COc1ccc(NC(=O)c2cccc(-c3ccoc3)c2)c(C(=O)O)c1. The molecule has 0 aliphatic rings. The smallest absolute Gasteiger partial charge is 0.337 e. The monoisotopic (exact) mass is 337 g/mol. The number of amides is 1. The van der Waals surface area contributed by atoms with E-state index in [1.165, 1.54) is 19.2 Å². The molecule has 0 fully saturated rings. The molecular formula is C19H15NO5. The number of carbonyl (C=O) groups is 2. The average molecular weight is 337 g/mol. The van der Waals surface area contributed by atoms with Crippen LogP contribution in [0, 0.1) is 0 Å². The number of carbonyl (C=O) groups excluding carboxylic acids is 1. The molecule has 1 aromatic heterocycles. The van der Waals surface area contributed by atoms with E-state index in [9.17, 15) is 14.7 Å². The quantitative estimate of drug-likeness (QED) is 0.737. The minimum Gasteiger partial charge on any atom is -0.497 e. The van der Waals surface area contributed by atoms with Crippen molar-refractivity contribution in [2.45, 2.75) is 0 Å². The molecule has 0 radical (unpaired) electrons. The number of hydrogen-bond acceptors (Lipinski definition) is 4. The van der Waals surface area contributed by atoms with E-state index < -0.39 is 11.9 Å². The van der Waals surface area contributed by atoms with Crippen molar-refractivity contribution in [3.8, 4) is 16.9 Å². The van der Waals surface area contributed by atoms with Crippen LogP contribution >= 0.6 is 0 Å². The fraction of sp³-hybridized carbons (Fsp3) is 0.0526. The normalized spacial score (nSPS) is 10.3. The summed E-state index contributed by atoms with van der Waals surface area (Å²) in [5.74, 6) is -1.16. The first-order chi connectivity index (χ1) is 12.1. The number of furan rings is 1. The van der Waals surface area contributed by atoms with E-state index in [1.807, 2.05) is 6.07 Å². The van der Waals surface area contributed by atoms with Crippen molar-refractivity contribution < 1.29 is 23.8 Å². The maximum Gasteiger partial charge on any atom is 0.337 e. The Morgan fingerprint density at radius 2 is 1.92 bits per heavy atom. The summed E-state index contributed by atoms with van der Waals surface area (Å²) in [6.45, 7) is 0. The zero-order valence-electron chi connectivity index (χ0n) is 13.4. The number of ether oxygens (including phenoxy) is 1. The van der Waals surface area contributed by atoms with E-state index in [1.54, 1.807) is 42.9 Å². The Balaban J connectivity index is 1.88. The number of hydrogen-bond donors (Lipinski definition) is 2. The molecular weight excluding hydrogens is 322 g/mol. The van der Waals surface area contributed by atoms with Gasteiger partial charge in [-0.3, -0.25) is 4.79 Å². The summed E-state index contributed by atoms with van der Waals surface area (Å²) in [6.07, 6.45) is 3.14. The summed E-state index contributed by atoms with van der Waals surface area (Å²) >= 11 is 0. The standard InChI is InChI=1S/C19H15NO5/c1-24-15-5-6-17(16(10-15)19(22)23)20-18(21)13-4-2-3-12(9-13)14-7-8-25-11-14/h2-11H,1H3,(H,20,21)(H,22,23). The third kappa shape index (κ3) is 3.53. The summed E-state index contributed by atoms with van der Waals surface area (Å²) in [4.78, 5) is 23.9. The fourth-order valence-corrected chi connectivity index (χ4v) is 2.40. The Kier molecular flexibility index (Phi) is 4.52. The molecule has 1 amide bonds. The minimum absolute atomic E-state index is 0.0429. The first-order valence-corrected chi connectivity index (χ1v) is 7.44. The molecule has 6 heteroatoms. The third-order valence-corrected chi connectivity index (χ3v) is 3.68. The predicted molar refractivity (Wildman–Crippen MR) is 92.1 cm³/mol. The van der Waals surface area contributed by atoms with E-state index in [0.29, 0.717) is 11.3 Å². The molecule has 1 heterocycles. The van der Waals surface area contributed by atoms with Gasteiger partial charge in [0.15, 0.2) is 0 Å². The molecule has 0 aliphatic heterocycles. The van der Waals surface area contributed by atoms with Crippen LogP contribution in [0.4, 0.5) is 5.69 Å². The van der Waals surface area contributed by atoms with Crippen LogP contribution in [0.2, 0.25) is 0 Å². The summed E-state index contributed by atoms with van der Waals surface area (Å²) in [7, 11) is 1.45. The lowest BCUT2D eigenvalue weighted by Crippen LogP contribution is -2.15. The van der Waals surface area contributed by atoms with Crippen LogP contribution in [-0.4, -0.2) is 24.1 Å². The van der Waals surface area contributed by atoms with Crippen LogP contribution in [0.5, 0.6) is 5.75 Å². The van der Waals surface area contributed by atoms with Gasteiger partial charge >= 0.3 is 5.97 Å². The molecule has 3 rings (SSSR count). The second kappa shape index (κ2) is 6.92. The van der Waals surface area contributed by atoms with Gasteiger partial charge in [0.25, 0.3) is 5.91 Å². The predicted octanol–water partition coefficient (Wildman–Crippen LogP) is 3.91. The molecule has 0 aliphatic carbocycles. The molecule has 126 valence electrons. The molecule has 0 atom stereocenters. The lowest BCUT2D eigenvalue weighted by molar-refractivity contribution is 0.0697. The van der Waals surface area contributed by atoms with Gasteiger partial charge in [0, 0.05) is 11.1 Å². The van der Waals surface area contributed by atoms with Crippen molar-refractivity contribution >= 4 is 17.6 Å². The molecule has 0 bridgehead atoms. The molecule has 0 unspecified atom stereocenters. The van der Waals surface area contributed by atoms with Crippen LogP contribution < -0.4 is 10.1 Å². The van der Waals surface area contributed by atoms with Gasteiger partial charge < -0.3 is 19.6 Å². The molecule has 6 nitrogen and oxygen atoms in total. The number of carboxylic acids is 1. The summed E-state index contributed by atoms with van der Waals surface area (Å²) in [5.41, 5.74) is 2.25. The highest BCUT2D eigenvalue weighted by molar-refractivity contribution is 6.08. The lowest BCUT2D eigenvalue weighted by Gasteiger charge is -2.10. The van der Waals surface area contributed by atoms with Gasteiger partial charge in [-0.2, -0.15) is 0 Å². The van der Waals surface area contributed by atoms with Crippen LogP contribution in [0.3, 0.4) is 0 Å². The Morgan fingerprint density at radius 1 is 1.08 bits per heavy atom. The van der Waals surface area contributed by atoms with Crippen LogP contribution in [-0.2, 0) is 0 Å². The number of aromatic carboxylic acids is 1. The lowest BCUT2D eigenvalue weighted by atomic mass is 10.1. The second-order valence-electron chi connectivity index (χ2n) is 5.26. The van der Waals surface area contributed by atoms with Crippen molar-refractivity contribution in [2.24, 2.45) is 0 Å². The topological polar surface area (TPSA) is 88.8 Å². The Bertz CT molecular complexity index is 915. The third-order valence-electron chi connectivity index (χ3n) is 3.68. The second-order valence-corrected chi connectivity index (χ2v) is 5.26. The van der Waals surface area contributed by atoms with Gasteiger partial charge in [0.1, 0.15) is 5.75 Å². The number of benzene rings is 2. The zero-order valence-corrected chi connectivity index (χ0v) is 13.4. The van der Waals surface area contributed by atoms with Crippen molar-refractivity contribution in [3.05, 3.63) is 72.2 Å².